The smallest absolute Gasteiger partial charge is 0.228 e. The Bertz CT molecular complexity index is 633. The van der Waals surface area contributed by atoms with Crippen molar-refractivity contribution in [3.05, 3.63) is 35.9 Å². The Kier molecular flexibility index (Phi) is 6.37. The van der Waals surface area contributed by atoms with Gasteiger partial charge in [-0.05, 0) is 69.6 Å². The molecule has 2 heterocycles. The van der Waals surface area contributed by atoms with Crippen LogP contribution in [0, 0.1) is 11.3 Å². The predicted octanol–water partition coefficient (Wildman–Crippen LogP) is 3.97. The fraction of sp³-hybridized carbons (Fsp3) is 0.708. The van der Waals surface area contributed by atoms with Crippen molar-refractivity contribution in [2.24, 2.45) is 17.1 Å². The van der Waals surface area contributed by atoms with Gasteiger partial charge in [-0.25, -0.2) is 0 Å². The molecule has 1 spiro atoms. The molecule has 0 unspecified atom stereocenters. The fourth-order valence-corrected chi connectivity index (χ4v) is 5.61. The van der Waals surface area contributed by atoms with Crippen molar-refractivity contribution in [1.82, 2.24) is 9.80 Å². The quantitative estimate of drug-likeness (QED) is 0.809. The van der Waals surface area contributed by atoms with Gasteiger partial charge in [0.05, 0.1) is 5.41 Å². The molecule has 1 atom stereocenters. The van der Waals surface area contributed by atoms with Crippen LogP contribution in [0.2, 0.25) is 0 Å². The lowest BCUT2D eigenvalue weighted by Gasteiger charge is -2.38. The van der Waals surface area contributed by atoms with E-state index in [1.54, 1.807) is 0 Å². The number of amides is 1. The van der Waals surface area contributed by atoms with Gasteiger partial charge in [0.2, 0.25) is 5.91 Å². The van der Waals surface area contributed by atoms with Gasteiger partial charge < -0.3 is 15.5 Å². The van der Waals surface area contributed by atoms with Gasteiger partial charge in [-0.15, -0.1) is 0 Å². The Morgan fingerprint density at radius 3 is 2.39 bits per heavy atom. The van der Waals surface area contributed by atoms with Gasteiger partial charge in [-0.2, -0.15) is 0 Å². The van der Waals surface area contributed by atoms with E-state index in [9.17, 15) is 4.79 Å². The van der Waals surface area contributed by atoms with Crippen LogP contribution >= 0.6 is 0 Å². The van der Waals surface area contributed by atoms with Crippen LogP contribution in [-0.2, 0) is 4.79 Å². The monoisotopic (exact) mass is 383 g/mol. The Morgan fingerprint density at radius 1 is 1.00 bits per heavy atom. The van der Waals surface area contributed by atoms with Gasteiger partial charge in [0.25, 0.3) is 0 Å². The van der Waals surface area contributed by atoms with Gasteiger partial charge in [0, 0.05) is 19.1 Å². The summed E-state index contributed by atoms with van der Waals surface area (Å²) in [6.45, 7) is 5.14. The number of nitrogens with two attached hydrogens (primary N) is 1. The molecule has 4 nitrogen and oxygen atoms in total. The summed E-state index contributed by atoms with van der Waals surface area (Å²) in [5.74, 6) is 1.23. The van der Waals surface area contributed by atoms with E-state index in [1.807, 2.05) is 6.07 Å². The van der Waals surface area contributed by atoms with Gasteiger partial charge in [-0.1, -0.05) is 49.6 Å². The van der Waals surface area contributed by atoms with Crippen LogP contribution in [0.1, 0.15) is 69.4 Å². The first-order valence-corrected chi connectivity index (χ1v) is 11.5. The second-order valence-corrected chi connectivity index (χ2v) is 9.43. The summed E-state index contributed by atoms with van der Waals surface area (Å²) in [7, 11) is 0. The van der Waals surface area contributed by atoms with E-state index in [2.05, 4.69) is 34.1 Å². The van der Waals surface area contributed by atoms with E-state index in [4.69, 9.17) is 5.73 Å². The maximum atomic E-state index is 13.2. The normalized spacial score (nSPS) is 24.8. The zero-order valence-electron chi connectivity index (χ0n) is 17.3. The average molecular weight is 384 g/mol. The highest BCUT2D eigenvalue weighted by molar-refractivity contribution is 5.85. The van der Waals surface area contributed by atoms with Gasteiger partial charge in [0.1, 0.15) is 0 Å². The molecule has 4 rings (SSSR count). The molecule has 1 aromatic rings. The summed E-state index contributed by atoms with van der Waals surface area (Å²) in [6, 6.07) is 10.5. The minimum atomic E-state index is -0.0489. The van der Waals surface area contributed by atoms with Crippen LogP contribution in [0.15, 0.2) is 30.3 Å². The summed E-state index contributed by atoms with van der Waals surface area (Å²) in [6.07, 6.45) is 10.9. The van der Waals surface area contributed by atoms with Crippen molar-refractivity contribution >= 4 is 5.91 Å². The third-order valence-corrected chi connectivity index (χ3v) is 7.60. The minimum Gasteiger partial charge on any atom is -0.342 e. The number of carbonyl (C=O) groups excluding carboxylic acids is 1. The van der Waals surface area contributed by atoms with Crippen LogP contribution in [-0.4, -0.2) is 48.4 Å². The molecule has 0 bridgehead atoms. The maximum absolute atomic E-state index is 13.2. The van der Waals surface area contributed by atoms with Gasteiger partial charge in [0.15, 0.2) is 0 Å². The third-order valence-electron chi connectivity index (χ3n) is 7.60. The Balaban J connectivity index is 1.24. The zero-order chi connectivity index (χ0) is 19.4. The lowest BCUT2D eigenvalue weighted by atomic mass is 9.77. The molecule has 0 aromatic heterocycles. The van der Waals surface area contributed by atoms with Crippen LogP contribution < -0.4 is 5.73 Å². The van der Waals surface area contributed by atoms with Gasteiger partial charge in [-0.3, -0.25) is 4.79 Å². The molecule has 28 heavy (non-hydrogen) atoms. The number of hydrogen-bond acceptors (Lipinski definition) is 3. The average Bonchev–Trinajstić information content (AvgIpc) is 3.04. The van der Waals surface area contributed by atoms with E-state index < -0.39 is 0 Å². The van der Waals surface area contributed by atoms with Gasteiger partial charge >= 0.3 is 0 Å². The summed E-state index contributed by atoms with van der Waals surface area (Å²) < 4.78 is 0. The molecule has 3 aliphatic rings. The number of piperidine rings is 1. The van der Waals surface area contributed by atoms with Crippen molar-refractivity contribution in [3.63, 3.8) is 0 Å². The van der Waals surface area contributed by atoms with Crippen molar-refractivity contribution in [3.8, 4) is 0 Å². The molecular weight excluding hydrogens is 346 g/mol. The van der Waals surface area contributed by atoms with E-state index in [-0.39, 0.29) is 11.5 Å². The summed E-state index contributed by atoms with van der Waals surface area (Å²) >= 11 is 0. The topological polar surface area (TPSA) is 49.6 Å². The number of rotatable bonds is 6. The molecule has 2 N–H and O–H groups in total. The van der Waals surface area contributed by atoms with Crippen molar-refractivity contribution in [2.45, 2.75) is 63.8 Å². The van der Waals surface area contributed by atoms with Crippen molar-refractivity contribution in [2.75, 3.05) is 32.7 Å². The molecule has 4 heteroatoms. The van der Waals surface area contributed by atoms with Crippen LogP contribution in [0.5, 0.6) is 0 Å². The highest BCUT2D eigenvalue weighted by Gasteiger charge is 2.48. The molecule has 3 fully saturated rings. The van der Waals surface area contributed by atoms with Crippen LogP contribution in [0.25, 0.3) is 0 Å². The first-order chi connectivity index (χ1) is 13.7. The number of benzene rings is 1. The Labute approximate surface area is 170 Å². The highest BCUT2D eigenvalue weighted by atomic mass is 16.2. The summed E-state index contributed by atoms with van der Waals surface area (Å²) in [4.78, 5) is 17.9. The second-order valence-electron chi connectivity index (χ2n) is 9.43. The minimum absolute atomic E-state index is 0.0489. The number of nitrogens with zero attached hydrogens (tertiary/aromatic N) is 2. The van der Waals surface area contributed by atoms with Crippen molar-refractivity contribution < 1.29 is 4.79 Å². The molecule has 2 saturated heterocycles. The standard InChI is InChI=1S/C24H37N3O/c25-22(21-9-5-2-6-10-21)11-15-26-16-12-24(13-17-26)14-18-27(23(24)28)19-20-7-3-1-4-8-20/h2,5-6,9-10,20,22H,1,3-4,7-8,11-19,25H2/t22-/m0/s1. The van der Waals surface area contributed by atoms with Crippen LogP contribution in [0.3, 0.4) is 0 Å². The van der Waals surface area contributed by atoms with E-state index in [0.717, 1.165) is 64.3 Å². The Morgan fingerprint density at radius 2 is 1.68 bits per heavy atom. The van der Waals surface area contributed by atoms with Crippen LogP contribution in [0.4, 0.5) is 0 Å². The number of likely N-dealkylation sites (tertiary alicyclic amines) is 2. The summed E-state index contributed by atoms with van der Waals surface area (Å²) in [5.41, 5.74) is 7.54. The lowest BCUT2D eigenvalue weighted by molar-refractivity contribution is -0.139. The number of carbonyl (C=O) groups is 1. The first kappa shape index (κ1) is 19.9. The predicted molar refractivity (Wildman–Crippen MR) is 114 cm³/mol. The maximum Gasteiger partial charge on any atom is 0.228 e. The molecular formula is C24H37N3O. The second kappa shape index (κ2) is 8.96. The lowest BCUT2D eigenvalue weighted by Crippen LogP contribution is -2.45. The fourth-order valence-electron chi connectivity index (χ4n) is 5.61. The zero-order valence-corrected chi connectivity index (χ0v) is 17.3. The molecule has 1 aromatic carbocycles. The molecule has 1 saturated carbocycles. The number of hydrogen-bond donors (Lipinski definition) is 1. The Hall–Kier alpha value is -1.39. The molecule has 0 radical (unpaired) electrons. The van der Waals surface area contributed by atoms with E-state index in [1.165, 1.54) is 37.7 Å². The third kappa shape index (κ3) is 4.44. The highest BCUT2D eigenvalue weighted by Crippen LogP contribution is 2.42. The summed E-state index contributed by atoms with van der Waals surface area (Å²) in [5, 5.41) is 0. The van der Waals surface area contributed by atoms with E-state index in [0.29, 0.717) is 5.91 Å². The SMILES string of the molecule is N[C@@H](CCN1CCC2(CC1)CCN(CC1CCCCC1)C2=O)c1ccccc1. The molecule has 154 valence electrons. The first-order valence-electron chi connectivity index (χ1n) is 11.5. The molecule has 2 aliphatic heterocycles. The van der Waals surface area contributed by atoms with E-state index >= 15 is 0 Å². The molecule has 1 aliphatic carbocycles. The largest absolute Gasteiger partial charge is 0.342 e. The molecule has 1 amide bonds. The van der Waals surface area contributed by atoms with Crippen molar-refractivity contribution in [1.29, 1.82) is 0 Å².